The molecule has 0 aliphatic heterocycles. The van der Waals surface area contributed by atoms with E-state index in [4.69, 9.17) is 27.9 Å². The Morgan fingerprint density at radius 3 is 2.24 bits per heavy atom. The summed E-state index contributed by atoms with van der Waals surface area (Å²) in [6.45, 7) is 1.40. The number of carbonyl (C=O) groups is 2. The number of hydrogen-bond donors (Lipinski definition) is 0. The molecule has 0 radical (unpaired) electrons. The average molecular weight is 542 g/mol. The fraction of sp³-hybridized carbons (Fsp3) is 0.0667. The molecule has 1 heterocycles. The maximum absolute atomic E-state index is 12.9. The summed E-state index contributed by atoms with van der Waals surface area (Å²) in [5.74, 6) is -0.960. The van der Waals surface area contributed by atoms with E-state index in [9.17, 15) is 9.59 Å². The first-order valence-corrected chi connectivity index (χ1v) is 12.5. The zero-order valence-corrected chi connectivity index (χ0v) is 21.8. The van der Waals surface area contributed by atoms with Crippen molar-refractivity contribution in [1.29, 1.82) is 0 Å². The molecule has 5 aromatic rings. The summed E-state index contributed by atoms with van der Waals surface area (Å²) in [4.78, 5) is 30.0. The number of halogens is 2. The van der Waals surface area contributed by atoms with Gasteiger partial charge in [-0.25, -0.2) is 14.5 Å². The molecule has 6 nitrogen and oxygen atoms in total. The van der Waals surface area contributed by atoms with Gasteiger partial charge in [-0.15, -0.1) is 5.10 Å². The molecule has 4 aromatic carbocycles. The lowest BCUT2D eigenvalue weighted by molar-refractivity contribution is 0.0462. The molecule has 0 saturated heterocycles. The van der Waals surface area contributed by atoms with Crippen LogP contribution in [0.4, 0.5) is 0 Å². The van der Waals surface area contributed by atoms with Crippen LogP contribution in [0, 0.1) is 6.92 Å². The fourth-order valence-electron chi connectivity index (χ4n) is 3.96. The molecular weight excluding hydrogens is 521 g/mol. The van der Waals surface area contributed by atoms with Gasteiger partial charge in [0.25, 0.3) is 5.82 Å². The number of ketones is 1. The third-order valence-corrected chi connectivity index (χ3v) is 6.63. The number of carbonyl (C=O) groups excluding carboxylic acids is 2. The SMILES string of the molecule is Cc1c(Cl)cccc1-n1nc(C(=O)OCC(=O)c2ccc(-c3ccccc3)cc2)nc1-c1cccc(Cl)c1. The van der Waals surface area contributed by atoms with E-state index in [2.05, 4.69) is 10.1 Å². The molecule has 0 fully saturated rings. The van der Waals surface area contributed by atoms with Crippen molar-refractivity contribution < 1.29 is 14.3 Å². The van der Waals surface area contributed by atoms with E-state index in [1.54, 1.807) is 42.5 Å². The van der Waals surface area contributed by atoms with E-state index in [0.29, 0.717) is 32.7 Å². The Morgan fingerprint density at radius 1 is 0.816 bits per heavy atom. The molecule has 0 N–H and O–H groups in total. The second kappa shape index (κ2) is 11.0. The molecule has 38 heavy (non-hydrogen) atoms. The highest BCUT2D eigenvalue weighted by Crippen LogP contribution is 2.28. The third-order valence-electron chi connectivity index (χ3n) is 5.99. The normalized spacial score (nSPS) is 10.8. The fourth-order valence-corrected chi connectivity index (χ4v) is 4.32. The molecule has 0 unspecified atom stereocenters. The van der Waals surface area contributed by atoms with Crippen LogP contribution in [0.3, 0.4) is 0 Å². The van der Waals surface area contributed by atoms with Gasteiger partial charge in [0.15, 0.2) is 18.2 Å². The van der Waals surface area contributed by atoms with Crippen molar-refractivity contribution in [1.82, 2.24) is 14.8 Å². The average Bonchev–Trinajstić information content (AvgIpc) is 3.39. The van der Waals surface area contributed by atoms with Crippen LogP contribution in [0.2, 0.25) is 10.0 Å². The lowest BCUT2D eigenvalue weighted by atomic mass is 10.0. The van der Waals surface area contributed by atoms with Crippen LogP contribution in [-0.4, -0.2) is 33.1 Å². The highest BCUT2D eigenvalue weighted by Gasteiger charge is 2.22. The Kier molecular flexibility index (Phi) is 7.36. The maximum Gasteiger partial charge on any atom is 0.378 e. The molecule has 1 aromatic heterocycles. The van der Waals surface area contributed by atoms with E-state index in [0.717, 1.165) is 16.7 Å². The van der Waals surface area contributed by atoms with E-state index in [-0.39, 0.29) is 11.6 Å². The van der Waals surface area contributed by atoms with Gasteiger partial charge in [0.05, 0.1) is 5.69 Å². The summed E-state index contributed by atoms with van der Waals surface area (Å²) in [5.41, 5.74) is 4.52. The smallest absolute Gasteiger partial charge is 0.378 e. The van der Waals surface area contributed by atoms with Gasteiger partial charge in [0.1, 0.15) is 0 Å². The van der Waals surface area contributed by atoms with Gasteiger partial charge in [-0.3, -0.25) is 4.79 Å². The third kappa shape index (κ3) is 5.37. The van der Waals surface area contributed by atoms with Crippen LogP contribution in [0.5, 0.6) is 0 Å². The molecule has 8 heteroatoms. The van der Waals surface area contributed by atoms with Gasteiger partial charge < -0.3 is 4.74 Å². The van der Waals surface area contributed by atoms with Crippen molar-refractivity contribution in [3.63, 3.8) is 0 Å². The monoisotopic (exact) mass is 541 g/mol. The number of nitrogens with zero attached hydrogens (tertiary/aromatic N) is 3. The van der Waals surface area contributed by atoms with Crippen LogP contribution >= 0.6 is 23.2 Å². The van der Waals surface area contributed by atoms with Gasteiger partial charge in [-0.1, -0.05) is 96.0 Å². The van der Waals surface area contributed by atoms with Crippen molar-refractivity contribution in [2.45, 2.75) is 6.92 Å². The van der Waals surface area contributed by atoms with Gasteiger partial charge in [-0.05, 0) is 47.9 Å². The molecule has 0 aliphatic rings. The summed E-state index contributed by atoms with van der Waals surface area (Å²) in [5, 5.41) is 5.45. The Labute approximate surface area is 229 Å². The Bertz CT molecular complexity index is 1630. The van der Waals surface area contributed by atoms with Crippen LogP contribution in [-0.2, 0) is 4.74 Å². The quantitative estimate of drug-likeness (QED) is 0.160. The standard InChI is InChI=1S/C30H21Cl2N3O3/c1-19-25(32)11-6-12-26(19)35-29(23-9-5-10-24(31)17-23)33-28(34-35)30(37)38-18-27(36)22-15-13-21(14-16-22)20-7-3-2-4-8-20/h2-17H,18H2,1H3. The summed E-state index contributed by atoms with van der Waals surface area (Å²) in [7, 11) is 0. The molecule has 5 rings (SSSR count). The minimum Gasteiger partial charge on any atom is -0.451 e. The molecule has 0 aliphatic carbocycles. The highest BCUT2D eigenvalue weighted by atomic mass is 35.5. The van der Waals surface area contributed by atoms with E-state index in [1.807, 2.05) is 61.5 Å². The summed E-state index contributed by atoms with van der Waals surface area (Å²) < 4.78 is 6.82. The van der Waals surface area contributed by atoms with Crippen molar-refractivity contribution in [2.75, 3.05) is 6.61 Å². The molecule has 0 saturated carbocycles. The summed E-state index contributed by atoms with van der Waals surface area (Å²) >= 11 is 12.5. The Balaban J connectivity index is 1.37. The molecule has 0 amide bonds. The van der Waals surface area contributed by atoms with Crippen LogP contribution in [0.1, 0.15) is 26.5 Å². The van der Waals surface area contributed by atoms with Crippen molar-refractivity contribution >= 4 is 35.0 Å². The highest BCUT2D eigenvalue weighted by molar-refractivity contribution is 6.31. The van der Waals surface area contributed by atoms with Crippen molar-refractivity contribution in [2.24, 2.45) is 0 Å². The van der Waals surface area contributed by atoms with Gasteiger partial charge in [0, 0.05) is 21.2 Å². The second-order valence-electron chi connectivity index (χ2n) is 8.51. The molecule has 0 atom stereocenters. The topological polar surface area (TPSA) is 74.1 Å². The number of Topliss-reactive ketones (excluding diaryl/α,β-unsaturated/α-hetero) is 1. The van der Waals surface area contributed by atoms with Crippen LogP contribution < -0.4 is 0 Å². The number of benzene rings is 4. The van der Waals surface area contributed by atoms with Gasteiger partial charge >= 0.3 is 5.97 Å². The molecular formula is C30H21Cl2N3O3. The number of ether oxygens (including phenoxy) is 1. The van der Waals surface area contributed by atoms with Crippen molar-refractivity contribution in [3.8, 4) is 28.2 Å². The first kappa shape index (κ1) is 25.4. The summed E-state index contributed by atoms with van der Waals surface area (Å²) in [6, 6.07) is 29.4. The predicted octanol–water partition coefficient (Wildman–Crippen LogP) is 7.26. The van der Waals surface area contributed by atoms with Gasteiger partial charge in [-0.2, -0.15) is 0 Å². The summed E-state index contributed by atoms with van der Waals surface area (Å²) in [6.07, 6.45) is 0. The lowest BCUT2D eigenvalue weighted by Crippen LogP contribution is -2.15. The molecule has 188 valence electrons. The number of rotatable bonds is 7. The zero-order chi connectivity index (χ0) is 26.6. The van der Waals surface area contributed by atoms with Gasteiger partial charge in [0.2, 0.25) is 0 Å². The molecule has 0 bridgehead atoms. The van der Waals surface area contributed by atoms with E-state index in [1.165, 1.54) is 4.68 Å². The Morgan fingerprint density at radius 2 is 1.50 bits per heavy atom. The lowest BCUT2D eigenvalue weighted by Gasteiger charge is -2.10. The Hall–Kier alpha value is -4.26. The molecule has 0 spiro atoms. The predicted molar refractivity (Wildman–Crippen MR) is 148 cm³/mol. The van der Waals surface area contributed by atoms with Crippen LogP contribution in [0.25, 0.3) is 28.2 Å². The van der Waals surface area contributed by atoms with E-state index >= 15 is 0 Å². The zero-order valence-electron chi connectivity index (χ0n) is 20.3. The second-order valence-corrected chi connectivity index (χ2v) is 9.35. The number of esters is 1. The van der Waals surface area contributed by atoms with Crippen molar-refractivity contribution in [3.05, 3.63) is 124 Å². The maximum atomic E-state index is 12.9. The first-order valence-electron chi connectivity index (χ1n) is 11.7. The minimum atomic E-state index is -0.819. The largest absolute Gasteiger partial charge is 0.451 e. The van der Waals surface area contributed by atoms with Crippen LogP contribution in [0.15, 0.2) is 97.1 Å². The number of aromatic nitrogens is 3. The van der Waals surface area contributed by atoms with E-state index < -0.39 is 12.6 Å². The first-order chi connectivity index (χ1) is 18.4. The minimum absolute atomic E-state index is 0.188. The number of hydrogen-bond acceptors (Lipinski definition) is 5.